The minimum atomic E-state index is -0.304. The fourth-order valence-corrected chi connectivity index (χ4v) is 2.14. The van der Waals surface area contributed by atoms with Gasteiger partial charge in [-0.05, 0) is 38.5 Å². The van der Waals surface area contributed by atoms with Crippen molar-refractivity contribution in [1.29, 1.82) is 0 Å². The first kappa shape index (κ1) is 22.0. The van der Waals surface area contributed by atoms with E-state index < -0.39 is 0 Å². The second-order valence-corrected chi connectivity index (χ2v) is 8.00. The van der Waals surface area contributed by atoms with E-state index in [9.17, 15) is 9.59 Å². The number of rotatable bonds is 6. The van der Waals surface area contributed by atoms with Gasteiger partial charge in [-0.3, -0.25) is 9.59 Å². The number of amides is 2. The molecule has 26 heavy (non-hydrogen) atoms. The first-order valence-corrected chi connectivity index (χ1v) is 9.14. The van der Waals surface area contributed by atoms with Crippen molar-refractivity contribution in [2.24, 2.45) is 4.99 Å². The molecule has 0 bridgehead atoms. The lowest BCUT2D eigenvalue weighted by Crippen LogP contribution is -2.49. The molecule has 0 heterocycles. The Morgan fingerprint density at radius 1 is 1.08 bits per heavy atom. The Balaban J connectivity index is 2.70. The van der Waals surface area contributed by atoms with E-state index in [2.05, 4.69) is 36.9 Å². The van der Waals surface area contributed by atoms with Crippen LogP contribution in [-0.4, -0.2) is 55.4 Å². The molecule has 0 aliphatic rings. The van der Waals surface area contributed by atoms with Gasteiger partial charge in [-0.1, -0.05) is 28.1 Å². The molecule has 0 spiro atoms. The van der Waals surface area contributed by atoms with Crippen molar-refractivity contribution < 1.29 is 9.59 Å². The van der Waals surface area contributed by atoms with Gasteiger partial charge in [0, 0.05) is 24.1 Å². The molecule has 0 saturated carbocycles. The number of guanidine groups is 1. The summed E-state index contributed by atoms with van der Waals surface area (Å²) in [5.41, 5.74) is 0.717. The summed E-state index contributed by atoms with van der Waals surface area (Å²) in [5.74, 6) is 0.184. The van der Waals surface area contributed by atoms with Gasteiger partial charge in [-0.15, -0.1) is 0 Å². The molecule has 1 rings (SSSR count). The number of nitrogens with zero attached hydrogens (tertiary/aromatic N) is 2. The van der Waals surface area contributed by atoms with E-state index >= 15 is 0 Å². The Morgan fingerprint density at radius 2 is 1.65 bits per heavy atom. The zero-order valence-electron chi connectivity index (χ0n) is 16.0. The fourth-order valence-electron chi connectivity index (χ4n) is 1.88. The lowest BCUT2D eigenvalue weighted by molar-refractivity contribution is -0.127. The van der Waals surface area contributed by atoms with E-state index in [4.69, 9.17) is 0 Å². The van der Waals surface area contributed by atoms with Gasteiger partial charge in [0.25, 0.3) is 0 Å². The highest BCUT2D eigenvalue weighted by atomic mass is 79.9. The molecule has 0 radical (unpaired) electrons. The average molecular weight is 426 g/mol. The van der Waals surface area contributed by atoms with Gasteiger partial charge in [0.05, 0.1) is 19.6 Å². The highest BCUT2D eigenvalue weighted by Gasteiger charge is 2.14. The molecule has 0 saturated heterocycles. The van der Waals surface area contributed by atoms with Gasteiger partial charge >= 0.3 is 0 Å². The molecule has 7 nitrogen and oxygen atoms in total. The molecular formula is C18H28BrN5O2. The molecule has 0 unspecified atom stereocenters. The molecule has 0 aliphatic carbocycles. The predicted molar refractivity (Wildman–Crippen MR) is 108 cm³/mol. The molecule has 3 N–H and O–H groups in total. The number of aliphatic imine (C=N–C) groups is 1. The number of benzene rings is 1. The highest BCUT2D eigenvalue weighted by Crippen LogP contribution is 2.11. The Kier molecular flexibility index (Phi) is 8.57. The fraction of sp³-hybridized carbons (Fsp3) is 0.500. The molecule has 0 atom stereocenters. The van der Waals surface area contributed by atoms with Crippen LogP contribution in [0.15, 0.2) is 33.7 Å². The first-order valence-electron chi connectivity index (χ1n) is 8.34. The third-order valence-corrected chi connectivity index (χ3v) is 3.70. The van der Waals surface area contributed by atoms with Crippen LogP contribution in [0.2, 0.25) is 0 Å². The van der Waals surface area contributed by atoms with Crippen LogP contribution in [0.25, 0.3) is 0 Å². The van der Waals surface area contributed by atoms with Gasteiger partial charge in [-0.25, -0.2) is 4.99 Å². The first-order chi connectivity index (χ1) is 12.1. The molecule has 144 valence electrons. The van der Waals surface area contributed by atoms with Gasteiger partial charge in [0.1, 0.15) is 0 Å². The summed E-state index contributed by atoms with van der Waals surface area (Å²) in [7, 11) is 3.37. The minimum Gasteiger partial charge on any atom is -0.350 e. The summed E-state index contributed by atoms with van der Waals surface area (Å²) in [6, 6.07) is 7.81. The SMILES string of the molecule is CN(C)C(=O)CNC(=NCc1ccc(Br)cc1)NCC(=O)NC(C)(C)C. The lowest BCUT2D eigenvalue weighted by Gasteiger charge is -2.21. The quantitative estimate of drug-likeness (QED) is 0.475. The van der Waals surface area contributed by atoms with Crippen molar-refractivity contribution in [3.63, 3.8) is 0 Å². The lowest BCUT2D eigenvalue weighted by atomic mass is 10.1. The molecule has 1 aromatic rings. The van der Waals surface area contributed by atoms with Crippen molar-refractivity contribution in [1.82, 2.24) is 20.9 Å². The van der Waals surface area contributed by atoms with E-state index in [1.54, 1.807) is 14.1 Å². The molecule has 1 aromatic carbocycles. The zero-order valence-corrected chi connectivity index (χ0v) is 17.6. The van der Waals surface area contributed by atoms with Gasteiger partial charge in [0.2, 0.25) is 11.8 Å². The van der Waals surface area contributed by atoms with Crippen LogP contribution < -0.4 is 16.0 Å². The maximum atomic E-state index is 12.0. The van der Waals surface area contributed by atoms with E-state index in [-0.39, 0.29) is 30.4 Å². The van der Waals surface area contributed by atoms with Crippen LogP contribution in [0.4, 0.5) is 0 Å². The van der Waals surface area contributed by atoms with E-state index in [1.165, 1.54) is 4.90 Å². The largest absolute Gasteiger partial charge is 0.350 e. The number of carbonyl (C=O) groups is 2. The second kappa shape index (κ2) is 10.2. The molecule has 8 heteroatoms. The summed E-state index contributed by atoms with van der Waals surface area (Å²) in [4.78, 5) is 29.7. The molecule has 0 aromatic heterocycles. The normalized spacial score (nSPS) is 11.7. The van der Waals surface area contributed by atoms with Gasteiger partial charge in [-0.2, -0.15) is 0 Å². The Bertz CT molecular complexity index is 636. The number of halogens is 1. The summed E-state index contributed by atoms with van der Waals surface area (Å²) >= 11 is 3.40. The summed E-state index contributed by atoms with van der Waals surface area (Å²) in [6.07, 6.45) is 0. The molecule has 0 aliphatic heterocycles. The highest BCUT2D eigenvalue weighted by molar-refractivity contribution is 9.10. The monoisotopic (exact) mass is 425 g/mol. The minimum absolute atomic E-state index is 0.0690. The summed E-state index contributed by atoms with van der Waals surface area (Å²) in [6.45, 7) is 6.35. The van der Waals surface area contributed by atoms with Gasteiger partial charge in [0.15, 0.2) is 5.96 Å². The maximum absolute atomic E-state index is 12.0. The number of hydrogen-bond acceptors (Lipinski definition) is 3. The van der Waals surface area contributed by atoms with Crippen molar-refractivity contribution in [2.45, 2.75) is 32.9 Å². The van der Waals surface area contributed by atoms with E-state index in [1.807, 2.05) is 45.0 Å². The Morgan fingerprint density at radius 3 is 2.19 bits per heavy atom. The van der Waals surface area contributed by atoms with Gasteiger partial charge < -0.3 is 20.9 Å². The summed E-state index contributed by atoms with van der Waals surface area (Å²) < 4.78 is 0.997. The van der Waals surface area contributed by atoms with Crippen molar-refractivity contribution in [3.8, 4) is 0 Å². The predicted octanol–water partition coefficient (Wildman–Crippen LogP) is 1.49. The molecular weight excluding hydrogens is 398 g/mol. The number of nitrogens with one attached hydrogen (secondary N) is 3. The standard InChI is InChI=1S/C18H28BrN5O2/c1-18(2,3)23-15(25)11-21-17(22-12-16(26)24(4)5)20-10-13-6-8-14(19)9-7-13/h6-9H,10-12H2,1-5H3,(H,23,25)(H2,20,21,22). The maximum Gasteiger partial charge on any atom is 0.241 e. The van der Waals surface area contributed by atoms with Crippen LogP contribution in [0.5, 0.6) is 0 Å². The third kappa shape index (κ3) is 9.41. The number of carbonyl (C=O) groups excluding carboxylic acids is 2. The Hall–Kier alpha value is -2.09. The average Bonchev–Trinajstić information content (AvgIpc) is 2.53. The van der Waals surface area contributed by atoms with Crippen LogP contribution in [0, 0.1) is 0 Å². The number of likely N-dealkylation sites (N-methyl/N-ethyl adjacent to an activating group) is 1. The van der Waals surface area contributed by atoms with Crippen LogP contribution in [0.3, 0.4) is 0 Å². The van der Waals surface area contributed by atoms with E-state index in [0.29, 0.717) is 12.5 Å². The van der Waals surface area contributed by atoms with Crippen LogP contribution >= 0.6 is 15.9 Å². The molecule has 0 fully saturated rings. The topological polar surface area (TPSA) is 85.8 Å². The zero-order chi connectivity index (χ0) is 19.7. The van der Waals surface area contributed by atoms with Crippen molar-refractivity contribution in [2.75, 3.05) is 27.2 Å². The molecule has 2 amide bonds. The summed E-state index contributed by atoms with van der Waals surface area (Å²) in [5, 5.41) is 8.80. The van der Waals surface area contributed by atoms with Crippen LogP contribution in [0.1, 0.15) is 26.3 Å². The van der Waals surface area contributed by atoms with Crippen molar-refractivity contribution in [3.05, 3.63) is 34.3 Å². The van der Waals surface area contributed by atoms with E-state index in [0.717, 1.165) is 10.0 Å². The number of hydrogen-bond donors (Lipinski definition) is 3. The smallest absolute Gasteiger partial charge is 0.241 e. The second-order valence-electron chi connectivity index (χ2n) is 7.08. The Labute approximate surface area is 163 Å². The van der Waals surface area contributed by atoms with Crippen LogP contribution in [-0.2, 0) is 16.1 Å². The third-order valence-electron chi connectivity index (χ3n) is 3.17. The van der Waals surface area contributed by atoms with Crippen molar-refractivity contribution >= 4 is 33.7 Å².